The molecule has 0 unspecified atom stereocenters. The summed E-state index contributed by atoms with van der Waals surface area (Å²) in [6, 6.07) is 16.0. The topological polar surface area (TPSA) is 46.2 Å². The van der Waals surface area contributed by atoms with E-state index in [4.69, 9.17) is 23.7 Å². The first-order chi connectivity index (χ1) is 17.4. The molecule has 0 bridgehead atoms. The fraction of sp³-hybridized carbons (Fsp3) is 0.290. The van der Waals surface area contributed by atoms with Gasteiger partial charge < -0.3 is 23.7 Å². The Balaban J connectivity index is 1.63. The Morgan fingerprint density at radius 1 is 1.06 bits per heavy atom. The zero-order valence-electron chi connectivity index (χ0n) is 21.5. The smallest absolute Gasteiger partial charge is 0.137 e. The summed E-state index contributed by atoms with van der Waals surface area (Å²) in [5.41, 5.74) is 4.53. The Hall–Kier alpha value is -3.70. The highest BCUT2D eigenvalue weighted by Gasteiger charge is 2.26. The van der Waals surface area contributed by atoms with Gasteiger partial charge in [0.1, 0.15) is 48.4 Å². The summed E-state index contributed by atoms with van der Waals surface area (Å²) in [5.74, 6) is 3.05. The molecule has 36 heavy (non-hydrogen) atoms. The lowest BCUT2D eigenvalue weighted by atomic mass is 9.95. The highest BCUT2D eigenvalue weighted by molar-refractivity contribution is 5.76. The summed E-state index contributed by atoms with van der Waals surface area (Å²) >= 11 is 0. The van der Waals surface area contributed by atoms with Crippen molar-refractivity contribution in [3.05, 3.63) is 113 Å². The molecule has 2 aliphatic heterocycles. The van der Waals surface area contributed by atoms with E-state index in [1.165, 1.54) is 0 Å². The number of ether oxygens (including phenoxy) is 5. The third-order valence-electron chi connectivity index (χ3n) is 5.97. The average Bonchev–Trinajstić information content (AvgIpc) is 2.88. The largest absolute Gasteiger partial charge is 0.490 e. The van der Waals surface area contributed by atoms with Crippen molar-refractivity contribution in [2.45, 2.75) is 33.0 Å². The maximum absolute atomic E-state index is 6.28. The van der Waals surface area contributed by atoms with E-state index in [0.717, 1.165) is 50.9 Å². The maximum Gasteiger partial charge on any atom is 0.137 e. The Bertz CT molecular complexity index is 1210. The first kappa shape index (κ1) is 25.4. The van der Waals surface area contributed by atoms with E-state index >= 15 is 0 Å². The maximum atomic E-state index is 6.28. The number of hydrogen-bond acceptors (Lipinski definition) is 5. The third kappa shape index (κ3) is 6.10. The SMILES string of the molecule is C=CC1=C(C2=C(C)OC(C)(C)C=C2)OCC(c2ccc(OCc3ccccc3)cc2OCCOC)=C1. The number of hydrogen-bond donors (Lipinski definition) is 0. The van der Waals surface area contributed by atoms with Gasteiger partial charge in [-0.3, -0.25) is 0 Å². The van der Waals surface area contributed by atoms with Crippen molar-refractivity contribution in [3.63, 3.8) is 0 Å². The summed E-state index contributed by atoms with van der Waals surface area (Å²) in [6.45, 7) is 11.8. The van der Waals surface area contributed by atoms with Crippen molar-refractivity contribution in [2.75, 3.05) is 26.9 Å². The summed E-state index contributed by atoms with van der Waals surface area (Å²) in [5, 5.41) is 0. The van der Waals surface area contributed by atoms with Crippen LogP contribution in [-0.2, 0) is 20.8 Å². The third-order valence-corrected chi connectivity index (χ3v) is 5.97. The molecule has 0 atom stereocenters. The molecule has 0 amide bonds. The molecule has 0 aromatic heterocycles. The van der Waals surface area contributed by atoms with Crippen molar-refractivity contribution < 1.29 is 23.7 Å². The average molecular weight is 487 g/mol. The van der Waals surface area contributed by atoms with Crippen LogP contribution in [0.2, 0.25) is 0 Å². The van der Waals surface area contributed by atoms with E-state index < -0.39 is 0 Å². The van der Waals surface area contributed by atoms with Gasteiger partial charge in [-0.2, -0.15) is 0 Å². The zero-order chi connectivity index (χ0) is 25.5. The van der Waals surface area contributed by atoms with Gasteiger partial charge in [-0.05, 0) is 56.7 Å². The first-order valence-corrected chi connectivity index (χ1v) is 12.1. The van der Waals surface area contributed by atoms with E-state index in [-0.39, 0.29) is 5.60 Å². The molecule has 2 aromatic carbocycles. The van der Waals surface area contributed by atoms with Crippen LogP contribution in [0, 0.1) is 0 Å². The minimum absolute atomic E-state index is 0.336. The van der Waals surface area contributed by atoms with Crippen LogP contribution in [-0.4, -0.2) is 32.5 Å². The quantitative estimate of drug-likeness (QED) is 0.346. The number of benzene rings is 2. The minimum Gasteiger partial charge on any atom is -0.490 e. The molecule has 0 radical (unpaired) electrons. The van der Waals surface area contributed by atoms with Crippen molar-refractivity contribution in [2.24, 2.45) is 0 Å². The monoisotopic (exact) mass is 486 g/mol. The molecule has 5 heteroatoms. The van der Waals surface area contributed by atoms with Gasteiger partial charge in [0, 0.05) is 29.9 Å². The standard InChI is InChI=1S/C31H34O5/c1-6-24-18-25(21-35-30(24)27-14-15-31(3,4)36-22(27)2)28-13-12-26(19-29(28)33-17-16-32-5)34-20-23-10-8-7-9-11-23/h6-15,18-19H,1,16-17,20-21H2,2-5H3. The van der Waals surface area contributed by atoms with Gasteiger partial charge in [0.15, 0.2) is 0 Å². The molecule has 2 aromatic rings. The zero-order valence-corrected chi connectivity index (χ0v) is 21.5. The van der Waals surface area contributed by atoms with E-state index in [1.54, 1.807) is 7.11 Å². The van der Waals surface area contributed by atoms with Gasteiger partial charge in [-0.15, -0.1) is 0 Å². The van der Waals surface area contributed by atoms with Gasteiger partial charge >= 0.3 is 0 Å². The van der Waals surface area contributed by atoms with Crippen LogP contribution in [0.5, 0.6) is 11.5 Å². The molecule has 0 spiro atoms. The summed E-state index contributed by atoms with van der Waals surface area (Å²) in [7, 11) is 1.66. The summed E-state index contributed by atoms with van der Waals surface area (Å²) in [4.78, 5) is 0. The van der Waals surface area contributed by atoms with Crippen LogP contribution in [0.4, 0.5) is 0 Å². The predicted molar refractivity (Wildman–Crippen MR) is 143 cm³/mol. The predicted octanol–water partition coefficient (Wildman–Crippen LogP) is 6.78. The molecule has 0 fully saturated rings. The minimum atomic E-state index is -0.336. The van der Waals surface area contributed by atoms with Crippen LogP contribution in [0.25, 0.3) is 5.57 Å². The van der Waals surface area contributed by atoms with Gasteiger partial charge in [0.2, 0.25) is 0 Å². The second-order valence-electron chi connectivity index (χ2n) is 9.23. The van der Waals surface area contributed by atoms with E-state index in [1.807, 2.05) is 81.5 Å². The van der Waals surface area contributed by atoms with E-state index in [9.17, 15) is 0 Å². The van der Waals surface area contributed by atoms with Crippen molar-refractivity contribution in [3.8, 4) is 11.5 Å². The number of methoxy groups -OCH3 is 1. The summed E-state index contributed by atoms with van der Waals surface area (Å²) < 4.78 is 29.7. The first-order valence-electron chi connectivity index (χ1n) is 12.1. The second kappa shape index (κ2) is 11.4. The molecule has 0 saturated heterocycles. The van der Waals surface area contributed by atoms with Gasteiger partial charge in [0.25, 0.3) is 0 Å². The van der Waals surface area contributed by atoms with Crippen LogP contribution >= 0.6 is 0 Å². The van der Waals surface area contributed by atoms with Crippen LogP contribution in [0.1, 0.15) is 31.9 Å². The van der Waals surface area contributed by atoms with Crippen LogP contribution in [0.3, 0.4) is 0 Å². The normalized spacial score (nSPS) is 16.7. The Labute approximate surface area is 214 Å². The highest BCUT2D eigenvalue weighted by Crippen LogP contribution is 2.38. The molecular weight excluding hydrogens is 452 g/mol. The number of allylic oxidation sites excluding steroid dienone is 5. The molecule has 5 nitrogen and oxygen atoms in total. The van der Waals surface area contributed by atoms with E-state index in [0.29, 0.717) is 26.4 Å². The number of rotatable bonds is 10. The molecule has 2 heterocycles. The Morgan fingerprint density at radius 2 is 1.86 bits per heavy atom. The molecule has 0 saturated carbocycles. The van der Waals surface area contributed by atoms with Gasteiger partial charge in [-0.1, -0.05) is 43.0 Å². The second-order valence-corrected chi connectivity index (χ2v) is 9.23. The molecule has 0 N–H and O–H groups in total. The molecular formula is C31H34O5. The Morgan fingerprint density at radius 3 is 2.58 bits per heavy atom. The van der Waals surface area contributed by atoms with Crippen molar-refractivity contribution in [1.29, 1.82) is 0 Å². The lowest BCUT2D eigenvalue weighted by Gasteiger charge is -2.30. The van der Waals surface area contributed by atoms with Crippen LogP contribution in [0.15, 0.2) is 102 Å². The van der Waals surface area contributed by atoms with Gasteiger partial charge in [-0.25, -0.2) is 0 Å². The molecule has 4 rings (SSSR count). The lowest BCUT2D eigenvalue weighted by molar-refractivity contribution is 0.0724. The Kier molecular flexibility index (Phi) is 8.01. The van der Waals surface area contributed by atoms with Crippen molar-refractivity contribution in [1.82, 2.24) is 0 Å². The fourth-order valence-electron chi connectivity index (χ4n) is 4.14. The fourth-order valence-corrected chi connectivity index (χ4v) is 4.14. The van der Waals surface area contributed by atoms with Gasteiger partial charge in [0.05, 0.1) is 12.2 Å². The lowest BCUT2D eigenvalue weighted by Crippen LogP contribution is -2.24. The molecule has 2 aliphatic rings. The summed E-state index contributed by atoms with van der Waals surface area (Å²) in [6.07, 6.45) is 8.02. The van der Waals surface area contributed by atoms with Crippen LogP contribution < -0.4 is 9.47 Å². The molecule has 188 valence electrons. The highest BCUT2D eigenvalue weighted by atomic mass is 16.5. The van der Waals surface area contributed by atoms with Crippen molar-refractivity contribution >= 4 is 5.57 Å². The molecule has 0 aliphatic carbocycles. The van der Waals surface area contributed by atoms with E-state index in [2.05, 4.69) is 18.7 Å².